The molecule has 0 N–H and O–H groups in total. The molecule has 0 bridgehead atoms. The molecule has 134 valence electrons. The van der Waals surface area contributed by atoms with Gasteiger partial charge in [0, 0.05) is 29.2 Å². The molecule has 0 aromatic carbocycles. The third-order valence-electron chi connectivity index (χ3n) is 7.67. The van der Waals surface area contributed by atoms with Crippen LogP contribution in [-0.4, -0.2) is 17.4 Å². The Balaban J connectivity index is 1.81. The molecule has 3 heteroatoms. The topological polar surface area (TPSA) is 43.4 Å². The first kappa shape index (κ1) is 16.8. The maximum absolute atomic E-state index is 12.6. The molecule has 0 amide bonds. The Labute approximate surface area is 150 Å². The summed E-state index contributed by atoms with van der Waals surface area (Å²) >= 11 is 0. The minimum absolute atomic E-state index is 0.0111. The average molecular weight is 340 g/mol. The van der Waals surface area contributed by atoms with Gasteiger partial charge in [0.2, 0.25) is 0 Å². The van der Waals surface area contributed by atoms with E-state index in [2.05, 4.69) is 19.9 Å². The van der Waals surface area contributed by atoms with Crippen molar-refractivity contribution in [2.75, 3.05) is 0 Å². The average Bonchev–Trinajstić information content (AvgIpc) is 2.69. The van der Waals surface area contributed by atoms with Gasteiger partial charge in [-0.05, 0) is 57.1 Å². The Hall–Kier alpha value is -1.64. The molecule has 0 aromatic heterocycles. The highest BCUT2D eigenvalue weighted by atomic mass is 16.6. The van der Waals surface area contributed by atoms with Gasteiger partial charge in [-0.15, -0.1) is 0 Å². The largest absolute Gasteiger partial charge is 0.456 e. The van der Waals surface area contributed by atoms with E-state index in [-0.39, 0.29) is 22.7 Å². The van der Waals surface area contributed by atoms with Crippen LogP contribution in [0, 0.1) is 16.7 Å². The molecule has 1 saturated carbocycles. The van der Waals surface area contributed by atoms with Crippen molar-refractivity contribution in [3.05, 3.63) is 34.9 Å². The molecule has 25 heavy (non-hydrogen) atoms. The monoisotopic (exact) mass is 340 g/mol. The zero-order chi connectivity index (χ0) is 18.0. The van der Waals surface area contributed by atoms with Crippen molar-refractivity contribution < 1.29 is 14.3 Å². The van der Waals surface area contributed by atoms with E-state index < -0.39 is 5.60 Å². The van der Waals surface area contributed by atoms with Gasteiger partial charge in [0.1, 0.15) is 11.4 Å². The molecule has 0 spiro atoms. The highest BCUT2D eigenvalue weighted by Crippen LogP contribution is 2.62. The fraction of sp³-hybridized carbons (Fsp3) is 0.636. The highest BCUT2D eigenvalue weighted by Gasteiger charge is 2.58. The van der Waals surface area contributed by atoms with Crippen molar-refractivity contribution in [3.63, 3.8) is 0 Å². The molecular weight excluding hydrogens is 312 g/mol. The summed E-state index contributed by atoms with van der Waals surface area (Å²) in [6.07, 6.45) is 11.4. The lowest BCUT2D eigenvalue weighted by Gasteiger charge is -2.46. The quantitative estimate of drug-likeness (QED) is 0.601. The third kappa shape index (κ3) is 2.24. The zero-order valence-corrected chi connectivity index (χ0v) is 15.8. The van der Waals surface area contributed by atoms with Gasteiger partial charge in [-0.1, -0.05) is 31.6 Å². The Bertz CT molecular complexity index is 751. The van der Waals surface area contributed by atoms with Crippen molar-refractivity contribution in [1.82, 2.24) is 0 Å². The fourth-order valence-electron chi connectivity index (χ4n) is 5.81. The number of hydrogen-bond donors (Lipinski definition) is 0. The number of cyclic esters (lactones) is 1. The number of ether oxygens (including phenoxy) is 1. The summed E-state index contributed by atoms with van der Waals surface area (Å²) in [7, 11) is 0. The van der Waals surface area contributed by atoms with Gasteiger partial charge in [0.15, 0.2) is 0 Å². The first-order valence-corrected chi connectivity index (χ1v) is 9.56. The van der Waals surface area contributed by atoms with Gasteiger partial charge in [-0.25, -0.2) is 4.79 Å². The lowest BCUT2D eigenvalue weighted by Crippen LogP contribution is -2.42. The van der Waals surface area contributed by atoms with Crippen LogP contribution in [-0.2, 0) is 14.3 Å². The van der Waals surface area contributed by atoms with Crippen LogP contribution in [0.25, 0.3) is 0 Å². The maximum Gasteiger partial charge on any atom is 0.331 e. The second-order valence-electron chi connectivity index (χ2n) is 9.18. The van der Waals surface area contributed by atoms with Gasteiger partial charge >= 0.3 is 5.97 Å². The normalized spacial score (nSPS) is 39.7. The summed E-state index contributed by atoms with van der Waals surface area (Å²) < 4.78 is 5.69. The van der Waals surface area contributed by atoms with Crippen LogP contribution >= 0.6 is 0 Å². The molecule has 0 radical (unpaired) electrons. The van der Waals surface area contributed by atoms with Gasteiger partial charge < -0.3 is 4.74 Å². The number of rotatable bonds is 0. The number of allylic oxidation sites excluding steroid dienone is 4. The molecular formula is C22H28O3. The van der Waals surface area contributed by atoms with Gasteiger partial charge in [0.25, 0.3) is 0 Å². The van der Waals surface area contributed by atoms with Gasteiger partial charge in [0.05, 0.1) is 0 Å². The number of carbonyl (C=O) groups is 2. The number of Topliss-reactive ketones (excluding diaryl/α,β-unsaturated/α-hetero) is 1. The van der Waals surface area contributed by atoms with Crippen LogP contribution < -0.4 is 0 Å². The second kappa shape index (κ2) is 5.18. The van der Waals surface area contributed by atoms with Crippen molar-refractivity contribution in [2.24, 2.45) is 16.7 Å². The Morgan fingerprint density at radius 3 is 2.44 bits per heavy atom. The van der Waals surface area contributed by atoms with E-state index in [1.54, 1.807) is 6.08 Å². The standard InChI is InChI=1S/C22H28O3/c1-20(2)16-6-7-17-15(13-14(16)5-8-19(24)25-20)9-11-22(4)18(23)10-12-21(17,22)3/h5,8,13,16H,6-7,9-12H2,1-4H3/t16-,21+,22-/m1/s1. The molecule has 1 aliphatic heterocycles. The second-order valence-corrected chi connectivity index (χ2v) is 9.18. The van der Waals surface area contributed by atoms with E-state index in [4.69, 9.17) is 4.74 Å². The lowest BCUT2D eigenvalue weighted by atomic mass is 9.56. The van der Waals surface area contributed by atoms with Gasteiger partial charge in [-0.2, -0.15) is 0 Å². The van der Waals surface area contributed by atoms with Gasteiger partial charge in [-0.3, -0.25) is 4.79 Å². The smallest absolute Gasteiger partial charge is 0.331 e. The molecule has 1 fully saturated rings. The first-order valence-electron chi connectivity index (χ1n) is 9.56. The maximum atomic E-state index is 12.6. The van der Waals surface area contributed by atoms with Crippen molar-refractivity contribution >= 4 is 11.8 Å². The molecule has 0 unspecified atom stereocenters. The molecule has 0 saturated heterocycles. The van der Waals surface area contributed by atoms with Crippen LogP contribution in [0.5, 0.6) is 0 Å². The summed E-state index contributed by atoms with van der Waals surface area (Å²) in [5.74, 6) is 0.396. The van der Waals surface area contributed by atoms with Crippen LogP contribution in [0.2, 0.25) is 0 Å². The summed E-state index contributed by atoms with van der Waals surface area (Å²) in [5, 5.41) is 0. The predicted molar refractivity (Wildman–Crippen MR) is 96.8 cm³/mol. The molecule has 4 aliphatic rings. The van der Waals surface area contributed by atoms with E-state index in [0.717, 1.165) is 32.1 Å². The molecule has 3 nitrogen and oxygen atoms in total. The predicted octanol–water partition coefficient (Wildman–Crippen LogP) is 4.68. The van der Waals surface area contributed by atoms with E-state index in [9.17, 15) is 9.59 Å². The molecule has 3 atom stereocenters. The Morgan fingerprint density at radius 1 is 0.960 bits per heavy atom. The van der Waals surface area contributed by atoms with Crippen molar-refractivity contribution in [1.29, 1.82) is 0 Å². The fourth-order valence-corrected chi connectivity index (χ4v) is 5.81. The van der Waals surface area contributed by atoms with E-state index in [0.29, 0.717) is 12.2 Å². The minimum atomic E-state index is -0.503. The van der Waals surface area contributed by atoms with Crippen molar-refractivity contribution in [3.8, 4) is 0 Å². The Morgan fingerprint density at radius 2 is 1.68 bits per heavy atom. The highest BCUT2D eigenvalue weighted by molar-refractivity contribution is 5.89. The van der Waals surface area contributed by atoms with Crippen LogP contribution in [0.15, 0.2) is 34.9 Å². The number of ketones is 1. The van der Waals surface area contributed by atoms with Crippen molar-refractivity contribution in [2.45, 2.75) is 71.8 Å². The number of carbonyl (C=O) groups excluding carboxylic acids is 2. The van der Waals surface area contributed by atoms with Crippen LogP contribution in [0.1, 0.15) is 66.2 Å². The molecule has 0 aromatic rings. The summed E-state index contributed by atoms with van der Waals surface area (Å²) in [4.78, 5) is 24.5. The minimum Gasteiger partial charge on any atom is -0.456 e. The summed E-state index contributed by atoms with van der Waals surface area (Å²) in [6, 6.07) is 0. The van der Waals surface area contributed by atoms with Crippen LogP contribution in [0.3, 0.4) is 0 Å². The number of esters is 1. The SMILES string of the molecule is CC1(C)OC(=O)C=CC2=CC3=C(CC[C@H]21)[C@]1(C)CCC(=O)[C@@]1(C)CC3. The number of hydrogen-bond acceptors (Lipinski definition) is 3. The Kier molecular flexibility index (Phi) is 3.49. The zero-order valence-electron chi connectivity index (χ0n) is 15.8. The van der Waals surface area contributed by atoms with Crippen LogP contribution in [0.4, 0.5) is 0 Å². The third-order valence-corrected chi connectivity index (χ3v) is 7.67. The molecule has 4 rings (SSSR count). The van der Waals surface area contributed by atoms with E-state index in [1.165, 1.54) is 16.7 Å². The first-order chi connectivity index (χ1) is 11.7. The van der Waals surface area contributed by atoms with E-state index >= 15 is 0 Å². The lowest BCUT2D eigenvalue weighted by molar-refractivity contribution is -0.153. The molecule has 1 heterocycles. The summed E-state index contributed by atoms with van der Waals surface area (Å²) in [6.45, 7) is 8.54. The molecule has 3 aliphatic carbocycles. The van der Waals surface area contributed by atoms with E-state index in [1.807, 2.05) is 19.9 Å². The number of fused-ring (bicyclic) bond motifs is 3. The summed E-state index contributed by atoms with van der Waals surface area (Å²) in [5.41, 5.74) is 3.39.